The van der Waals surface area contributed by atoms with E-state index in [1.54, 1.807) is 0 Å². The number of hydrogen-bond donors (Lipinski definition) is 0. The van der Waals surface area contributed by atoms with Gasteiger partial charge in [0.05, 0.1) is 0 Å². The maximum atomic E-state index is 6.50. The molecule has 2 nitrogen and oxygen atoms in total. The Kier molecular flexibility index (Phi) is 2.62. The van der Waals surface area contributed by atoms with Crippen LogP contribution in [0.25, 0.3) is 0 Å². The largest absolute Gasteiger partial charge is 0.264 e. The van der Waals surface area contributed by atoms with Crippen LogP contribution in [0, 0.1) is 11.8 Å². The Morgan fingerprint density at radius 2 is 2.18 bits per heavy atom. The Bertz CT molecular complexity index is 224. The summed E-state index contributed by atoms with van der Waals surface area (Å²) in [7, 11) is 0. The maximum absolute atomic E-state index is 6.50. The predicted molar refractivity (Wildman–Crippen MR) is 42.9 cm³/mol. The summed E-state index contributed by atoms with van der Waals surface area (Å²) in [6.07, 6.45) is 6.53. The van der Waals surface area contributed by atoms with Gasteiger partial charge in [-0.05, 0) is 30.4 Å². The van der Waals surface area contributed by atoms with Crippen LogP contribution in [0.4, 0.5) is 0 Å². The summed E-state index contributed by atoms with van der Waals surface area (Å²) in [6.45, 7) is 3.50. The van der Waals surface area contributed by atoms with E-state index in [2.05, 4.69) is 17.6 Å². The molecule has 0 N–H and O–H groups in total. The number of nitriles is 1. The molecule has 1 saturated carbocycles. The van der Waals surface area contributed by atoms with Crippen LogP contribution in [0.3, 0.4) is 0 Å². The lowest BCUT2D eigenvalue weighted by atomic mass is 10.2. The van der Waals surface area contributed by atoms with Crippen LogP contribution in [0.15, 0.2) is 24.5 Å². The van der Waals surface area contributed by atoms with E-state index < -0.39 is 0 Å². The van der Waals surface area contributed by atoms with Crippen molar-refractivity contribution in [1.82, 2.24) is 4.98 Å². The summed E-state index contributed by atoms with van der Waals surface area (Å²) in [5.41, 5.74) is 1.41. The van der Waals surface area contributed by atoms with Gasteiger partial charge in [0.25, 0.3) is 0 Å². The van der Waals surface area contributed by atoms with Crippen molar-refractivity contribution in [3.63, 3.8) is 0 Å². The third-order valence-corrected chi connectivity index (χ3v) is 1.73. The third kappa shape index (κ3) is 2.05. The molecule has 0 spiro atoms. The van der Waals surface area contributed by atoms with Crippen molar-refractivity contribution >= 4 is 0 Å². The van der Waals surface area contributed by atoms with Gasteiger partial charge in [0.1, 0.15) is 0 Å². The van der Waals surface area contributed by atoms with Gasteiger partial charge in [-0.3, -0.25) is 4.98 Å². The molecule has 1 aromatic rings. The van der Waals surface area contributed by atoms with Crippen molar-refractivity contribution < 1.29 is 0 Å². The number of pyridine rings is 1. The van der Waals surface area contributed by atoms with E-state index in [1.807, 2.05) is 18.5 Å². The van der Waals surface area contributed by atoms with Gasteiger partial charge in [0.2, 0.25) is 0 Å². The van der Waals surface area contributed by atoms with Crippen LogP contribution in [0.2, 0.25) is 0 Å². The average molecular weight is 146 g/mol. The Hall–Kier alpha value is -1.36. The average Bonchev–Trinajstić information content (AvgIpc) is 2.92. The third-order valence-electron chi connectivity index (χ3n) is 1.73. The minimum Gasteiger partial charge on any atom is -0.264 e. The first-order valence-corrected chi connectivity index (χ1v) is 3.62. The minimum absolute atomic E-state index is 0.846. The van der Waals surface area contributed by atoms with Crippen LogP contribution >= 0.6 is 0 Å². The number of aromatic nitrogens is 1. The summed E-state index contributed by atoms with van der Waals surface area (Å²) in [6, 6.07) is 4.16. The molecule has 56 valence electrons. The van der Waals surface area contributed by atoms with Gasteiger partial charge >= 0.3 is 0 Å². The predicted octanol–water partition coefficient (Wildman–Crippen LogP) is 2.10. The lowest BCUT2D eigenvalue weighted by Crippen LogP contribution is -1.77. The lowest BCUT2D eigenvalue weighted by molar-refractivity contribution is 1.09. The summed E-state index contributed by atoms with van der Waals surface area (Å²) in [4.78, 5) is 4.05. The molecule has 0 amide bonds. The molecular formula is C9H10N2. The highest BCUT2D eigenvalue weighted by molar-refractivity contribution is 5.18. The Labute approximate surface area is 66.5 Å². The van der Waals surface area contributed by atoms with Gasteiger partial charge in [0, 0.05) is 19.0 Å². The molecule has 11 heavy (non-hydrogen) atoms. The first-order valence-electron chi connectivity index (χ1n) is 3.62. The highest BCUT2D eigenvalue weighted by atomic mass is 14.6. The second kappa shape index (κ2) is 3.72. The zero-order valence-electron chi connectivity index (χ0n) is 6.27. The molecule has 0 aliphatic heterocycles. The van der Waals surface area contributed by atoms with Crippen LogP contribution in [-0.2, 0) is 0 Å². The fourth-order valence-corrected chi connectivity index (χ4v) is 1.03. The molecule has 0 atom stereocenters. The molecule has 0 bridgehead atoms. The fourth-order valence-electron chi connectivity index (χ4n) is 1.03. The molecule has 1 fully saturated rings. The van der Waals surface area contributed by atoms with Gasteiger partial charge in [-0.1, -0.05) is 6.07 Å². The number of rotatable bonds is 1. The monoisotopic (exact) mass is 146 g/mol. The molecule has 0 aromatic carbocycles. The topological polar surface area (TPSA) is 36.7 Å². The molecule has 2 rings (SSSR count). The highest BCUT2D eigenvalue weighted by Crippen LogP contribution is 2.39. The first-order chi connectivity index (χ1) is 5.47. The van der Waals surface area contributed by atoms with E-state index >= 15 is 0 Å². The van der Waals surface area contributed by atoms with Crippen molar-refractivity contribution in [1.29, 1.82) is 5.26 Å². The molecule has 1 aliphatic rings. The molecule has 1 heterocycles. The van der Waals surface area contributed by atoms with Crippen LogP contribution in [-0.4, -0.2) is 4.98 Å². The SMILES string of the molecule is C#N.c1cncc(C2CC2)c1. The molecular weight excluding hydrogens is 136 g/mol. The first kappa shape index (κ1) is 7.74. The summed E-state index contributed by atoms with van der Waals surface area (Å²) in [5.74, 6) is 0.846. The molecule has 0 saturated heterocycles. The molecule has 1 aliphatic carbocycles. The number of hydrogen-bond acceptors (Lipinski definition) is 2. The Morgan fingerprint density at radius 1 is 1.45 bits per heavy atom. The van der Waals surface area contributed by atoms with Crippen molar-refractivity contribution in [2.75, 3.05) is 0 Å². The Balaban J connectivity index is 0.000000281. The van der Waals surface area contributed by atoms with Crippen LogP contribution < -0.4 is 0 Å². The second-order valence-electron chi connectivity index (χ2n) is 2.56. The van der Waals surface area contributed by atoms with E-state index in [0.717, 1.165) is 5.92 Å². The van der Waals surface area contributed by atoms with E-state index in [0.29, 0.717) is 0 Å². The highest BCUT2D eigenvalue weighted by Gasteiger charge is 2.22. The normalized spacial score (nSPS) is 14.7. The summed E-state index contributed by atoms with van der Waals surface area (Å²) < 4.78 is 0. The zero-order chi connectivity index (χ0) is 8.10. The Morgan fingerprint density at radius 3 is 2.64 bits per heavy atom. The van der Waals surface area contributed by atoms with Crippen molar-refractivity contribution in [2.24, 2.45) is 0 Å². The summed E-state index contributed by atoms with van der Waals surface area (Å²) in [5, 5.41) is 6.50. The maximum Gasteiger partial charge on any atom is 0.0462 e. The van der Waals surface area contributed by atoms with Crippen molar-refractivity contribution in [3.05, 3.63) is 30.1 Å². The standard InChI is InChI=1S/C8H9N.CHN/c1-2-8(6-9-5-1)7-3-4-7;1-2/h1-2,5-7H,3-4H2;1H. The van der Waals surface area contributed by atoms with Gasteiger partial charge < -0.3 is 0 Å². The van der Waals surface area contributed by atoms with E-state index in [-0.39, 0.29) is 0 Å². The minimum atomic E-state index is 0.846. The fraction of sp³-hybridized carbons (Fsp3) is 0.333. The second-order valence-corrected chi connectivity index (χ2v) is 2.56. The van der Waals surface area contributed by atoms with Gasteiger partial charge in [0.15, 0.2) is 0 Å². The van der Waals surface area contributed by atoms with Gasteiger partial charge in [-0.15, -0.1) is 0 Å². The molecule has 1 aromatic heterocycles. The quantitative estimate of drug-likeness (QED) is 0.608. The molecule has 0 unspecified atom stereocenters. The zero-order valence-corrected chi connectivity index (χ0v) is 6.27. The van der Waals surface area contributed by atoms with E-state index in [4.69, 9.17) is 5.26 Å². The molecule has 2 heteroatoms. The van der Waals surface area contributed by atoms with Gasteiger partial charge in [-0.25, -0.2) is 5.26 Å². The lowest BCUT2D eigenvalue weighted by Gasteiger charge is -1.91. The van der Waals surface area contributed by atoms with Crippen molar-refractivity contribution in [2.45, 2.75) is 18.8 Å². The van der Waals surface area contributed by atoms with Crippen LogP contribution in [0.1, 0.15) is 24.3 Å². The smallest absolute Gasteiger partial charge is 0.0462 e. The summed E-state index contributed by atoms with van der Waals surface area (Å²) >= 11 is 0. The van der Waals surface area contributed by atoms with Gasteiger partial charge in [-0.2, -0.15) is 0 Å². The van der Waals surface area contributed by atoms with E-state index in [9.17, 15) is 0 Å². The van der Waals surface area contributed by atoms with Crippen molar-refractivity contribution in [3.8, 4) is 6.57 Å². The van der Waals surface area contributed by atoms with Crippen LogP contribution in [0.5, 0.6) is 0 Å². The number of nitrogens with zero attached hydrogens (tertiary/aromatic N) is 2. The van der Waals surface area contributed by atoms with E-state index in [1.165, 1.54) is 18.4 Å². The molecule has 0 radical (unpaired) electrons.